The Morgan fingerprint density at radius 1 is 1.11 bits per heavy atom. The third-order valence-corrected chi connectivity index (χ3v) is 6.74. The van der Waals surface area contributed by atoms with Crippen LogP contribution < -0.4 is 4.74 Å². The number of amides is 1. The number of aryl methyl sites for hydroxylation is 1. The fraction of sp³-hybridized carbons (Fsp3) is 0.448. The van der Waals surface area contributed by atoms with Gasteiger partial charge < -0.3 is 19.5 Å². The SMILES string of the molecule is Cc1cc(OCC(C)C)ccc1/C(O)=C1\C(=O)C(=O)N(CCCN2CCOCC2)[C@@H]1c1ccc(F)cc1. The Balaban J connectivity index is 1.65. The number of nitrogens with zero attached hydrogens (tertiary/aromatic N) is 2. The number of aliphatic hydroxyl groups excluding tert-OH is 1. The number of Topliss-reactive ketones (excluding diaryl/α,β-unsaturated/α-hetero) is 1. The van der Waals surface area contributed by atoms with Crippen molar-refractivity contribution >= 4 is 17.4 Å². The quantitative estimate of drug-likeness (QED) is 0.308. The van der Waals surface area contributed by atoms with Gasteiger partial charge in [-0.3, -0.25) is 14.5 Å². The zero-order chi connectivity index (χ0) is 26.5. The number of likely N-dealkylation sites (tertiary alicyclic amines) is 1. The van der Waals surface area contributed by atoms with Gasteiger partial charge in [-0.05, 0) is 60.7 Å². The molecule has 0 saturated carbocycles. The first kappa shape index (κ1) is 26.8. The lowest BCUT2D eigenvalue weighted by Gasteiger charge is -2.29. The number of carbonyl (C=O) groups excluding carboxylic acids is 2. The van der Waals surface area contributed by atoms with Crippen molar-refractivity contribution < 1.29 is 28.6 Å². The number of halogens is 1. The molecule has 0 radical (unpaired) electrons. The first-order valence-electron chi connectivity index (χ1n) is 12.8. The molecule has 7 nitrogen and oxygen atoms in total. The van der Waals surface area contributed by atoms with Crippen LogP contribution in [0.3, 0.4) is 0 Å². The monoisotopic (exact) mass is 510 g/mol. The zero-order valence-electron chi connectivity index (χ0n) is 21.7. The van der Waals surface area contributed by atoms with Gasteiger partial charge in [-0.2, -0.15) is 0 Å². The fourth-order valence-electron chi connectivity index (χ4n) is 4.79. The van der Waals surface area contributed by atoms with Crippen LogP contribution in [0.4, 0.5) is 4.39 Å². The third kappa shape index (κ3) is 6.19. The second-order valence-electron chi connectivity index (χ2n) is 10.0. The third-order valence-electron chi connectivity index (χ3n) is 6.74. The summed E-state index contributed by atoms with van der Waals surface area (Å²) in [5.74, 6) is -1.02. The van der Waals surface area contributed by atoms with E-state index in [0.717, 1.165) is 25.2 Å². The Morgan fingerprint density at radius 3 is 2.46 bits per heavy atom. The summed E-state index contributed by atoms with van der Waals surface area (Å²) in [6.07, 6.45) is 0.658. The molecule has 0 bridgehead atoms. The standard InChI is InChI=1S/C29H35FN2O5/c1-19(2)18-37-23-9-10-24(20(3)17-23)27(33)25-26(21-5-7-22(30)8-6-21)32(29(35)28(25)34)12-4-11-31-13-15-36-16-14-31/h5-10,17,19,26,33H,4,11-16,18H2,1-3H3/b27-25+/t26-/m1/s1. The van der Waals surface area contributed by atoms with Crippen molar-refractivity contribution in [2.24, 2.45) is 5.92 Å². The predicted molar refractivity (Wildman–Crippen MR) is 139 cm³/mol. The Kier molecular flexibility index (Phi) is 8.61. The smallest absolute Gasteiger partial charge is 0.295 e. The molecule has 0 aromatic heterocycles. The summed E-state index contributed by atoms with van der Waals surface area (Å²) in [4.78, 5) is 30.2. The van der Waals surface area contributed by atoms with Crippen molar-refractivity contribution in [3.63, 3.8) is 0 Å². The van der Waals surface area contributed by atoms with Crippen molar-refractivity contribution in [2.75, 3.05) is 46.0 Å². The van der Waals surface area contributed by atoms with Crippen LogP contribution in [0.1, 0.15) is 43.0 Å². The van der Waals surface area contributed by atoms with Gasteiger partial charge in [0, 0.05) is 31.7 Å². The van der Waals surface area contributed by atoms with Crippen LogP contribution in [0, 0.1) is 18.7 Å². The molecule has 2 aromatic carbocycles. The second kappa shape index (κ2) is 11.9. The molecule has 4 rings (SSSR count). The lowest BCUT2D eigenvalue weighted by Crippen LogP contribution is -2.38. The number of ketones is 1. The van der Waals surface area contributed by atoms with E-state index in [1.165, 1.54) is 17.0 Å². The van der Waals surface area contributed by atoms with E-state index >= 15 is 0 Å². The highest BCUT2D eigenvalue weighted by Gasteiger charge is 2.46. The number of carbonyl (C=O) groups is 2. The lowest BCUT2D eigenvalue weighted by atomic mass is 9.94. The average molecular weight is 511 g/mol. The van der Waals surface area contributed by atoms with Gasteiger partial charge in [0.1, 0.15) is 17.3 Å². The summed E-state index contributed by atoms with van der Waals surface area (Å²) in [6.45, 7) is 10.6. The Hall–Kier alpha value is -3.23. The summed E-state index contributed by atoms with van der Waals surface area (Å²) < 4.78 is 24.9. The summed E-state index contributed by atoms with van der Waals surface area (Å²) in [5.41, 5.74) is 1.76. The van der Waals surface area contributed by atoms with Crippen molar-refractivity contribution in [1.82, 2.24) is 9.80 Å². The normalized spacial score (nSPS) is 20.1. The molecule has 1 atom stereocenters. The molecule has 37 heavy (non-hydrogen) atoms. The van der Waals surface area contributed by atoms with Crippen LogP contribution in [0.5, 0.6) is 5.75 Å². The Morgan fingerprint density at radius 2 is 1.81 bits per heavy atom. The number of hydrogen-bond acceptors (Lipinski definition) is 6. The maximum Gasteiger partial charge on any atom is 0.295 e. The number of ether oxygens (including phenoxy) is 2. The molecule has 2 heterocycles. The fourth-order valence-corrected chi connectivity index (χ4v) is 4.79. The summed E-state index contributed by atoms with van der Waals surface area (Å²) >= 11 is 0. The maximum absolute atomic E-state index is 13.7. The topological polar surface area (TPSA) is 79.3 Å². The average Bonchev–Trinajstić information content (AvgIpc) is 3.13. The van der Waals surface area contributed by atoms with Gasteiger partial charge in [0.25, 0.3) is 11.7 Å². The summed E-state index contributed by atoms with van der Waals surface area (Å²) in [7, 11) is 0. The van der Waals surface area contributed by atoms with Crippen molar-refractivity contribution in [1.29, 1.82) is 0 Å². The zero-order valence-corrected chi connectivity index (χ0v) is 21.7. The highest BCUT2D eigenvalue weighted by atomic mass is 19.1. The largest absolute Gasteiger partial charge is 0.507 e. The van der Waals surface area contributed by atoms with E-state index in [9.17, 15) is 19.1 Å². The van der Waals surface area contributed by atoms with Crippen LogP contribution in [0.2, 0.25) is 0 Å². The van der Waals surface area contributed by atoms with E-state index < -0.39 is 23.5 Å². The molecular weight excluding hydrogens is 475 g/mol. The van der Waals surface area contributed by atoms with Crippen LogP contribution >= 0.6 is 0 Å². The van der Waals surface area contributed by atoms with Crippen LogP contribution in [-0.2, 0) is 14.3 Å². The van der Waals surface area contributed by atoms with Crippen molar-refractivity contribution in [3.05, 3.63) is 70.5 Å². The molecule has 0 unspecified atom stereocenters. The number of benzene rings is 2. The lowest BCUT2D eigenvalue weighted by molar-refractivity contribution is -0.140. The van der Waals surface area contributed by atoms with Gasteiger partial charge in [-0.1, -0.05) is 26.0 Å². The maximum atomic E-state index is 13.7. The number of rotatable bonds is 9. The van der Waals surface area contributed by atoms with Crippen LogP contribution in [0.25, 0.3) is 5.76 Å². The highest BCUT2D eigenvalue weighted by molar-refractivity contribution is 6.46. The summed E-state index contributed by atoms with van der Waals surface area (Å²) in [5, 5.41) is 11.4. The molecule has 2 aromatic rings. The molecule has 8 heteroatoms. The van der Waals surface area contributed by atoms with Gasteiger partial charge in [-0.15, -0.1) is 0 Å². The van der Waals surface area contributed by atoms with E-state index in [2.05, 4.69) is 18.7 Å². The Bertz CT molecular complexity index is 1160. The molecule has 1 amide bonds. The number of morpholine rings is 1. The van der Waals surface area contributed by atoms with Gasteiger partial charge in [0.15, 0.2) is 0 Å². The van der Waals surface area contributed by atoms with Crippen molar-refractivity contribution in [3.8, 4) is 5.75 Å². The van der Waals surface area contributed by atoms with E-state index in [4.69, 9.17) is 9.47 Å². The van der Waals surface area contributed by atoms with Crippen LogP contribution in [0.15, 0.2) is 48.0 Å². The van der Waals surface area contributed by atoms with Gasteiger partial charge in [-0.25, -0.2) is 4.39 Å². The second-order valence-corrected chi connectivity index (χ2v) is 10.0. The van der Waals surface area contributed by atoms with Gasteiger partial charge in [0.05, 0.1) is 31.4 Å². The minimum Gasteiger partial charge on any atom is -0.507 e. The molecular formula is C29H35FN2O5. The van der Waals surface area contributed by atoms with Gasteiger partial charge >= 0.3 is 0 Å². The summed E-state index contributed by atoms with van der Waals surface area (Å²) in [6, 6.07) is 10.2. The predicted octanol–water partition coefficient (Wildman–Crippen LogP) is 4.31. The van der Waals surface area contributed by atoms with E-state index in [-0.39, 0.29) is 11.3 Å². The minimum absolute atomic E-state index is 0.0157. The molecule has 2 aliphatic rings. The molecule has 2 saturated heterocycles. The number of aliphatic hydroxyl groups is 1. The molecule has 0 spiro atoms. The minimum atomic E-state index is -0.804. The first-order valence-corrected chi connectivity index (χ1v) is 12.8. The van der Waals surface area contributed by atoms with E-state index in [1.807, 2.05) is 13.0 Å². The molecule has 1 N–H and O–H groups in total. The van der Waals surface area contributed by atoms with Crippen molar-refractivity contribution in [2.45, 2.75) is 33.2 Å². The molecule has 0 aliphatic carbocycles. The Labute approximate surface area is 217 Å². The van der Waals surface area contributed by atoms with Gasteiger partial charge in [0.2, 0.25) is 0 Å². The molecule has 198 valence electrons. The molecule has 2 aliphatic heterocycles. The van der Waals surface area contributed by atoms with E-state index in [0.29, 0.717) is 55.6 Å². The number of hydrogen-bond donors (Lipinski definition) is 1. The van der Waals surface area contributed by atoms with Crippen LogP contribution in [-0.4, -0.2) is 72.6 Å². The molecule has 2 fully saturated rings. The highest BCUT2D eigenvalue weighted by Crippen LogP contribution is 2.40. The van der Waals surface area contributed by atoms with E-state index in [1.54, 1.807) is 24.3 Å². The first-order chi connectivity index (χ1) is 17.8.